The van der Waals surface area contributed by atoms with Gasteiger partial charge in [-0.15, -0.1) is 0 Å². The first-order valence-electron chi connectivity index (χ1n) is 7.35. The molecule has 7 nitrogen and oxygen atoms in total. The van der Waals surface area contributed by atoms with E-state index in [2.05, 4.69) is 15.3 Å². The van der Waals surface area contributed by atoms with Gasteiger partial charge in [0.2, 0.25) is 0 Å². The van der Waals surface area contributed by atoms with Crippen molar-refractivity contribution in [2.75, 3.05) is 0 Å². The minimum absolute atomic E-state index is 0.0216. The van der Waals surface area contributed by atoms with Crippen LogP contribution in [0.5, 0.6) is 0 Å². The summed E-state index contributed by atoms with van der Waals surface area (Å²) in [5.74, 6) is -0.508. The van der Waals surface area contributed by atoms with Gasteiger partial charge in [0.05, 0.1) is 24.6 Å². The lowest BCUT2D eigenvalue weighted by Crippen LogP contribution is -2.15. The molecule has 0 saturated heterocycles. The predicted octanol–water partition coefficient (Wildman–Crippen LogP) is 1.41. The van der Waals surface area contributed by atoms with Gasteiger partial charge in [-0.2, -0.15) is 15.3 Å². The monoisotopic (exact) mass is 311 g/mol. The number of ketones is 1. The zero-order valence-corrected chi connectivity index (χ0v) is 13.0. The van der Waals surface area contributed by atoms with Gasteiger partial charge < -0.3 is 5.73 Å². The number of amides is 1. The molecule has 2 N–H and O–H groups in total. The van der Waals surface area contributed by atoms with Gasteiger partial charge in [-0.3, -0.25) is 14.3 Å². The molecule has 1 unspecified atom stereocenters. The largest absolute Gasteiger partial charge is 0.364 e. The number of rotatable bonds is 4. The molecule has 0 saturated carbocycles. The molecule has 2 aromatic rings. The lowest BCUT2D eigenvalue weighted by atomic mass is 9.85. The Bertz CT molecular complexity index is 807. The van der Waals surface area contributed by atoms with Crippen LogP contribution in [0.1, 0.15) is 53.5 Å². The number of hydrogen-bond donors (Lipinski definition) is 1. The minimum Gasteiger partial charge on any atom is -0.364 e. The van der Waals surface area contributed by atoms with Crippen LogP contribution < -0.4 is 5.73 Å². The van der Waals surface area contributed by atoms with E-state index < -0.39 is 5.91 Å². The summed E-state index contributed by atoms with van der Waals surface area (Å²) in [4.78, 5) is 23.2. The van der Waals surface area contributed by atoms with Crippen LogP contribution in [0.4, 0.5) is 0 Å². The topological polar surface area (TPSA) is 104 Å². The molecule has 0 aromatic carbocycles. The summed E-state index contributed by atoms with van der Waals surface area (Å²) in [5, 5.41) is 11.9. The molecular weight excluding hydrogens is 294 g/mol. The summed E-state index contributed by atoms with van der Waals surface area (Å²) in [6.07, 6.45) is 5.99. The molecule has 7 heteroatoms. The van der Waals surface area contributed by atoms with Crippen molar-refractivity contribution >= 4 is 23.3 Å². The van der Waals surface area contributed by atoms with Crippen molar-refractivity contribution in [1.82, 2.24) is 20.0 Å². The molecule has 2 aromatic heterocycles. The van der Waals surface area contributed by atoms with E-state index in [9.17, 15) is 9.59 Å². The van der Waals surface area contributed by atoms with Gasteiger partial charge in [0.15, 0.2) is 11.5 Å². The summed E-state index contributed by atoms with van der Waals surface area (Å²) in [7, 11) is 0. The molecule has 1 aliphatic carbocycles. The van der Waals surface area contributed by atoms with Crippen LogP contribution in [0.3, 0.4) is 0 Å². The number of carbonyl (C=O) groups excluding carboxylic acids is 2. The van der Waals surface area contributed by atoms with Gasteiger partial charge in [-0.25, -0.2) is 0 Å². The molecule has 0 bridgehead atoms. The smallest absolute Gasteiger partial charge is 0.269 e. The van der Waals surface area contributed by atoms with Crippen molar-refractivity contribution in [1.29, 1.82) is 0 Å². The number of nitrogens with zero attached hydrogens (tertiary/aromatic N) is 4. The molecule has 1 aliphatic rings. The third-order valence-electron chi connectivity index (χ3n) is 3.90. The Balaban J connectivity index is 2.16. The molecule has 0 aliphatic heterocycles. The molecule has 23 heavy (non-hydrogen) atoms. The third kappa shape index (κ3) is 2.77. The van der Waals surface area contributed by atoms with Crippen molar-refractivity contribution in [2.45, 2.75) is 32.7 Å². The predicted molar refractivity (Wildman–Crippen MR) is 84.4 cm³/mol. The number of Topliss-reactive ketones (excluding diaryl/α,β-unsaturated/α-hetero) is 1. The first-order valence-corrected chi connectivity index (χ1v) is 7.35. The van der Waals surface area contributed by atoms with Crippen molar-refractivity contribution in [2.24, 2.45) is 5.73 Å². The Kier molecular flexibility index (Phi) is 3.77. The molecule has 3 rings (SSSR count). The summed E-state index contributed by atoms with van der Waals surface area (Å²) in [6.45, 7) is 3.68. The zero-order chi connectivity index (χ0) is 16.6. The van der Waals surface area contributed by atoms with E-state index in [1.165, 1.54) is 6.92 Å². The summed E-state index contributed by atoms with van der Waals surface area (Å²) in [5.41, 5.74) is 9.23. The first-order chi connectivity index (χ1) is 11.0. The van der Waals surface area contributed by atoms with E-state index >= 15 is 0 Å². The molecule has 0 fully saturated rings. The number of carbonyl (C=O) groups is 2. The van der Waals surface area contributed by atoms with E-state index in [1.807, 2.05) is 19.1 Å². The average molecular weight is 311 g/mol. The number of primary amides is 1. The van der Waals surface area contributed by atoms with Gasteiger partial charge >= 0.3 is 0 Å². The van der Waals surface area contributed by atoms with Gasteiger partial charge in [-0.1, -0.05) is 6.92 Å². The van der Waals surface area contributed by atoms with Crippen LogP contribution in [0.2, 0.25) is 0 Å². The first kappa shape index (κ1) is 15.1. The van der Waals surface area contributed by atoms with Crippen LogP contribution in [0.25, 0.3) is 11.6 Å². The van der Waals surface area contributed by atoms with Gasteiger partial charge in [0, 0.05) is 11.5 Å². The number of allylic oxidation sites excluding steroid dienone is 1. The highest BCUT2D eigenvalue weighted by Gasteiger charge is 2.28. The lowest BCUT2D eigenvalue weighted by molar-refractivity contribution is -0.117. The summed E-state index contributed by atoms with van der Waals surface area (Å²) < 4.78 is 1.60. The fourth-order valence-corrected chi connectivity index (χ4v) is 3.01. The Morgan fingerprint density at radius 3 is 2.78 bits per heavy atom. The molecule has 118 valence electrons. The second-order valence-corrected chi connectivity index (χ2v) is 5.78. The van der Waals surface area contributed by atoms with Crippen molar-refractivity contribution in [3.8, 4) is 0 Å². The van der Waals surface area contributed by atoms with E-state index in [-0.39, 0.29) is 23.9 Å². The van der Waals surface area contributed by atoms with Gasteiger partial charge in [-0.05, 0) is 36.6 Å². The van der Waals surface area contributed by atoms with Crippen LogP contribution in [0, 0.1) is 0 Å². The molecule has 1 amide bonds. The normalized spacial score (nSPS) is 16.6. The van der Waals surface area contributed by atoms with Crippen LogP contribution in [-0.4, -0.2) is 31.7 Å². The minimum atomic E-state index is -0.596. The summed E-state index contributed by atoms with van der Waals surface area (Å²) >= 11 is 0. The molecule has 0 radical (unpaired) electrons. The maximum absolute atomic E-state index is 11.7. The van der Waals surface area contributed by atoms with Gasteiger partial charge in [0.25, 0.3) is 5.91 Å². The van der Waals surface area contributed by atoms with E-state index in [0.29, 0.717) is 5.56 Å². The van der Waals surface area contributed by atoms with Crippen LogP contribution >= 0.6 is 0 Å². The van der Waals surface area contributed by atoms with Crippen LogP contribution in [0.15, 0.2) is 18.5 Å². The number of nitrogens with two attached hydrogens (primary N) is 1. The standard InChI is InChI=1S/C16H17N5O2/c1-9-5-12(11-3-4-18-19-7-11)6-13-14(16(17)23)20-21(15(9)13)8-10(2)22/h3-4,6-7,9H,5,8H2,1-2H3,(H2,17,23). The van der Waals surface area contributed by atoms with Crippen molar-refractivity contribution in [3.63, 3.8) is 0 Å². The zero-order valence-electron chi connectivity index (χ0n) is 13.0. The second-order valence-electron chi connectivity index (χ2n) is 5.78. The highest BCUT2D eigenvalue weighted by atomic mass is 16.1. The number of aromatic nitrogens is 4. The number of hydrogen-bond acceptors (Lipinski definition) is 5. The number of fused-ring (bicyclic) bond motifs is 1. The van der Waals surface area contributed by atoms with E-state index in [4.69, 9.17) is 5.73 Å². The van der Waals surface area contributed by atoms with Crippen LogP contribution in [-0.2, 0) is 11.3 Å². The fourth-order valence-electron chi connectivity index (χ4n) is 3.01. The van der Waals surface area contributed by atoms with Gasteiger partial charge in [0.1, 0.15) is 0 Å². The van der Waals surface area contributed by atoms with E-state index in [1.54, 1.807) is 17.1 Å². The molecule has 0 spiro atoms. The quantitative estimate of drug-likeness (QED) is 0.919. The van der Waals surface area contributed by atoms with Crippen molar-refractivity contribution < 1.29 is 9.59 Å². The SMILES string of the molecule is CC(=O)Cn1nc(C(N)=O)c2c1C(C)CC(c1ccnnc1)=C2. The van der Waals surface area contributed by atoms with E-state index in [0.717, 1.165) is 23.3 Å². The van der Waals surface area contributed by atoms with Crippen molar-refractivity contribution in [3.05, 3.63) is 41.0 Å². The Morgan fingerprint density at radius 1 is 1.39 bits per heavy atom. The third-order valence-corrected chi connectivity index (χ3v) is 3.90. The highest BCUT2D eigenvalue weighted by molar-refractivity contribution is 5.98. The Hall–Kier alpha value is -2.83. The highest BCUT2D eigenvalue weighted by Crippen LogP contribution is 2.38. The average Bonchev–Trinajstić information content (AvgIpc) is 2.86. The Morgan fingerprint density at radius 2 is 2.17 bits per heavy atom. The molecule has 2 heterocycles. The lowest BCUT2D eigenvalue weighted by Gasteiger charge is -2.21. The maximum atomic E-state index is 11.7. The molecular formula is C16H17N5O2. The molecule has 1 atom stereocenters. The Labute approximate surface area is 133 Å². The fraction of sp³-hybridized carbons (Fsp3) is 0.312. The second kappa shape index (κ2) is 5.75. The maximum Gasteiger partial charge on any atom is 0.269 e. The summed E-state index contributed by atoms with van der Waals surface area (Å²) in [6, 6.07) is 1.88.